The average molecular weight is 198 g/mol. The van der Waals surface area contributed by atoms with Gasteiger partial charge in [0.05, 0.1) is 19.3 Å². The minimum Gasteiger partial charge on any atom is -0.378 e. The molecule has 0 aromatic rings. The monoisotopic (exact) mass is 198 g/mol. The van der Waals surface area contributed by atoms with Crippen molar-refractivity contribution in [1.29, 1.82) is 0 Å². The number of rotatable bonds is 2. The smallest absolute Gasteiger partial charge is 0.0645 e. The Morgan fingerprint density at radius 1 is 1.14 bits per heavy atom. The first-order valence-electron chi connectivity index (χ1n) is 5.53. The first kappa shape index (κ1) is 10.4. The van der Waals surface area contributed by atoms with Gasteiger partial charge in [-0.15, -0.1) is 0 Å². The average Bonchev–Trinajstić information content (AvgIpc) is 1.73. The van der Waals surface area contributed by atoms with Gasteiger partial charge < -0.3 is 4.74 Å². The fraction of sp³-hybridized carbons (Fsp3) is 1.00. The van der Waals surface area contributed by atoms with E-state index in [1.54, 1.807) is 0 Å². The summed E-state index contributed by atoms with van der Waals surface area (Å²) in [5.41, 5.74) is 0.341. The van der Waals surface area contributed by atoms with Crippen LogP contribution in [0.4, 0.5) is 0 Å². The van der Waals surface area contributed by atoms with Crippen molar-refractivity contribution in [2.45, 2.75) is 38.4 Å². The zero-order valence-electron chi connectivity index (χ0n) is 9.79. The summed E-state index contributed by atoms with van der Waals surface area (Å²) < 4.78 is 5.21. The number of ether oxygens (including phenoxy) is 1. The summed E-state index contributed by atoms with van der Waals surface area (Å²) in [7, 11) is 2.23. The molecule has 3 nitrogen and oxygen atoms in total. The second-order valence-electron chi connectivity index (χ2n) is 5.59. The molecule has 2 aliphatic rings. The van der Waals surface area contributed by atoms with Crippen molar-refractivity contribution >= 4 is 0 Å². The molecule has 0 aromatic heterocycles. The normalized spacial score (nSPS) is 26.4. The summed E-state index contributed by atoms with van der Waals surface area (Å²) in [4.78, 5) is 5.03. The molecule has 0 unspecified atom stereocenters. The van der Waals surface area contributed by atoms with E-state index in [1.165, 1.54) is 13.1 Å². The lowest BCUT2D eigenvalue weighted by Gasteiger charge is -2.53. The van der Waals surface area contributed by atoms with Gasteiger partial charge in [0.15, 0.2) is 0 Å². The molecule has 2 saturated heterocycles. The zero-order valence-corrected chi connectivity index (χ0v) is 9.79. The number of hydrogen-bond donors (Lipinski definition) is 0. The molecule has 2 aliphatic heterocycles. The maximum Gasteiger partial charge on any atom is 0.0645 e. The number of likely N-dealkylation sites (tertiary alicyclic amines) is 1. The van der Waals surface area contributed by atoms with Crippen molar-refractivity contribution in [2.24, 2.45) is 0 Å². The second kappa shape index (κ2) is 3.47. The van der Waals surface area contributed by atoms with Crippen LogP contribution in [-0.4, -0.2) is 60.8 Å². The van der Waals surface area contributed by atoms with Crippen molar-refractivity contribution in [3.8, 4) is 0 Å². The first-order valence-corrected chi connectivity index (χ1v) is 5.53. The topological polar surface area (TPSA) is 15.7 Å². The molecule has 2 rings (SSSR count). The van der Waals surface area contributed by atoms with Crippen LogP contribution in [-0.2, 0) is 4.74 Å². The SMILES string of the molecule is CN(C1COC1)C1CN(C(C)(C)C)C1. The fourth-order valence-corrected chi connectivity index (χ4v) is 2.02. The molecule has 0 saturated carbocycles. The molecule has 14 heavy (non-hydrogen) atoms. The van der Waals surface area contributed by atoms with Crippen molar-refractivity contribution in [3.63, 3.8) is 0 Å². The summed E-state index contributed by atoms with van der Waals surface area (Å²) in [5.74, 6) is 0. The van der Waals surface area contributed by atoms with E-state index in [0.29, 0.717) is 11.6 Å². The van der Waals surface area contributed by atoms with Gasteiger partial charge in [-0.3, -0.25) is 9.80 Å². The molecule has 0 aliphatic carbocycles. The van der Waals surface area contributed by atoms with Crippen LogP contribution in [0.15, 0.2) is 0 Å². The summed E-state index contributed by atoms with van der Waals surface area (Å²) in [6.07, 6.45) is 0. The van der Waals surface area contributed by atoms with Gasteiger partial charge in [0, 0.05) is 24.7 Å². The predicted molar refractivity (Wildman–Crippen MR) is 57.5 cm³/mol. The molecule has 0 radical (unpaired) electrons. The summed E-state index contributed by atoms with van der Waals surface area (Å²) in [6.45, 7) is 11.2. The van der Waals surface area contributed by atoms with Crippen molar-refractivity contribution in [3.05, 3.63) is 0 Å². The Balaban J connectivity index is 1.76. The van der Waals surface area contributed by atoms with Crippen LogP contribution in [0.5, 0.6) is 0 Å². The molecule has 0 N–H and O–H groups in total. The Kier molecular flexibility index (Phi) is 2.58. The van der Waals surface area contributed by atoms with Gasteiger partial charge in [0.25, 0.3) is 0 Å². The van der Waals surface area contributed by atoms with E-state index in [0.717, 1.165) is 19.3 Å². The fourth-order valence-electron chi connectivity index (χ4n) is 2.02. The lowest BCUT2D eigenvalue weighted by Crippen LogP contribution is -2.67. The van der Waals surface area contributed by atoms with Crippen molar-refractivity contribution in [1.82, 2.24) is 9.80 Å². The summed E-state index contributed by atoms with van der Waals surface area (Å²) in [5, 5.41) is 0. The molecule has 2 fully saturated rings. The first-order chi connectivity index (χ1) is 6.48. The third-order valence-corrected chi connectivity index (χ3v) is 3.58. The van der Waals surface area contributed by atoms with E-state index in [1.807, 2.05) is 0 Å². The molecule has 2 heterocycles. The van der Waals surface area contributed by atoms with E-state index in [2.05, 4.69) is 37.6 Å². The van der Waals surface area contributed by atoms with Crippen LogP contribution in [0.3, 0.4) is 0 Å². The quantitative estimate of drug-likeness (QED) is 0.653. The minimum absolute atomic E-state index is 0.341. The molecule has 0 spiro atoms. The molecule has 82 valence electrons. The van der Waals surface area contributed by atoms with Gasteiger partial charge in [-0.1, -0.05) is 0 Å². The largest absolute Gasteiger partial charge is 0.378 e. The molecule has 0 amide bonds. The highest BCUT2D eigenvalue weighted by molar-refractivity contribution is 4.95. The van der Waals surface area contributed by atoms with E-state index in [9.17, 15) is 0 Å². The van der Waals surface area contributed by atoms with Gasteiger partial charge in [-0.2, -0.15) is 0 Å². The van der Waals surface area contributed by atoms with Crippen LogP contribution >= 0.6 is 0 Å². The molecule has 0 atom stereocenters. The van der Waals surface area contributed by atoms with Crippen LogP contribution in [0, 0.1) is 0 Å². The maximum atomic E-state index is 5.21. The maximum absolute atomic E-state index is 5.21. The van der Waals surface area contributed by atoms with Crippen LogP contribution in [0.25, 0.3) is 0 Å². The van der Waals surface area contributed by atoms with Gasteiger partial charge in [0.1, 0.15) is 0 Å². The lowest BCUT2D eigenvalue weighted by molar-refractivity contribution is -0.105. The Hall–Kier alpha value is -0.120. The van der Waals surface area contributed by atoms with Crippen LogP contribution in [0.1, 0.15) is 20.8 Å². The highest BCUT2D eigenvalue weighted by atomic mass is 16.5. The Bertz CT molecular complexity index is 202. The molecule has 3 heteroatoms. The summed E-state index contributed by atoms with van der Waals surface area (Å²) in [6, 6.07) is 1.44. The van der Waals surface area contributed by atoms with E-state index < -0.39 is 0 Å². The predicted octanol–water partition coefficient (Wildman–Crippen LogP) is 0.800. The van der Waals surface area contributed by atoms with E-state index in [4.69, 9.17) is 4.74 Å². The highest BCUT2D eigenvalue weighted by Gasteiger charge is 2.39. The van der Waals surface area contributed by atoms with E-state index >= 15 is 0 Å². The summed E-state index contributed by atoms with van der Waals surface area (Å²) >= 11 is 0. The van der Waals surface area contributed by atoms with E-state index in [-0.39, 0.29) is 0 Å². The minimum atomic E-state index is 0.341. The third kappa shape index (κ3) is 1.81. The van der Waals surface area contributed by atoms with Crippen molar-refractivity contribution in [2.75, 3.05) is 33.4 Å². The van der Waals surface area contributed by atoms with Gasteiger partial charge in [-0.25, -0.2) is 0 Å². The Morgan fingerprint density at radius 2 is 1.71 bits per heavy atom. The Labute approximate surface area is 87.0 Å². The second-order valence-corrected chi connectivity index (χ2v) is 5.59. The zero-order chi connectivity index (χ0) is 10.3. The Morgan fingerprint density at radius 3 is 2.07 bits per heavy atom. The highest BCUT2D eigenvalue weighted by Crippen LogP contribution is 2.25. The van der Waals surface area contributed by atoms with Crippen LogP contribution < -0.4 is 0 Å². The number of hydrogen-bond acceptors (Lipinski definition) is 3. The van der Waals surface area contributed by atoms with Crippen molar-refractivity contribution < 1.29 is 4.74 Å². The molecular weight excluding hydrogens is 176 g/mol. The number of likely N-dealkylation sites (N-methyl/N-ethyl adjacent to an activating group) is 1. The van der Waals surface area contributed by atoms with Gasteiger partial charge in [-0.05, 0) is 27.8 Å². The van der Waals surface area contributed by atoms with Gasteiger partial charge >= 0.3 is 0 Å². The molecule has 0 aromatic carbocycles. The standard InChI is InChI=1S/C11H22N2O/c1-11(2,3)13-5-9(6-13)12(4)10-7-14-8-10/h9-10H,5-8H2,1-4H3. The molecular formula is C11H22N2O. The molecule has 0 bridgehead atoms. The lowest BCUT2D eigenvalue weighted by atomic mass is 9.96. The van der Waals surface area contributed by atoms with Crippen LogP contribution in [0.2, 0.25) is 0 Å². The number of nitrogens with zero attached hydrogens (tertiary/aromatic N) is 2. The third-order valence-electron chi connectivity index (χ3n) is 3.58. The van der Waals surface area contributed by atoms with Gasteiger partial charge in [0.2, 0.25) is 0 Å².